The van der Waals surface area contributed by atoms with Crippen LogP contribution in [0.2, 0.25) is 0 Å². The van der Waals surface area contributed by atoms with Crippen LogP contribution in [0.1, 0.15) is 21.6 Å². The predicted octanol–water partition coefficient (Wildman–Crippen LogP) is 2.24. The highest BCUT2D eigenvalue weighted by atomic mass is 32.2. The number of carbonyl (C=O) groups is 1. The molecule has 4 N–H and O–H groups in total. The molecule has 0 bridgehead atoms. The van der Waals surface area contributed by atoms with E-state index < -0.39 is 15.7 Å². The van der Waals surface area contributed by atoms with Gasteiger partial charge in [-0.3, -0.25) is 4.79 Å². The fraction of sp³-hybridized carbons (Fsp3) is 0.0952. The van der Waals surface area contributed by atoms with E-state index in [1.807, 2.05) is 6.07 Å². The lowest BCUT2D eigenvalue weighted by Crippen LogP contribution is -2.24. The third-order valence-electron chi connectivity index (χ3n) is 4.32. The van der Waals surface area contributed by atoms with Crippen LogP contribution in [-0.4, -0.2) is 30.7 Å². The molecule has 3 rings (SSSR count). The average molecular weight is 422 g/mol. The Bertz CT molecular complexity index is 1260. The van der Waals surface area contributed by atoms with Gasteiger partial charge >= 0.3 is 0 Å². The molecule has 3 aromatic rings. The van der Waals surface area contributed by atoms with Crippen molar-refractivity contribution in [2.45, 2.75) is 11.4 Å². The van der Waals surface area contributed by atoms with Gasteiger partial charge in [0.05, 0.1) is 16.3 Å². The number of nitrogens with zero attached hydrogens (tertiary/aromatic N) is 2. The van der Waals surface area contributed by atoms with E-state index in [1.165, 1.54) is 30.3 Å². The van der Waals surface area contributed by atoms with Crippen LogP contribution >= 0.6 is 0 Å². The predicted molar refractivity (Wildman–Crippen MR) is 111 cm³/mol. The minimum Gasteiger partial charge on any atom is -0.508 e. The zero-order valence-corrected chi connectivity index (χ0v) is 16.8. The number of amides is 1. The van der Waals surface area contributed by atoms with Gasteiger partial charge in [-0.1, -0.05) is 24.3 Å². The molecule has 0 aliphatic heterocycles. The summed E-state index contributed by atoms with van der Waals surface area (Å²) in [5, 5.41) is 21.8. The van der Waals surface area contributed by atoms with Crippen molar-refractivity contribution in [3.8, 4) is 23.1 Å². The van der Waals surface area contributed by atoms with Crippen LogP contribution in [0.3, 0.4) is 0 Å². The lowest BCUT2D eigenvalue weighted by atomic mass is 10.0. The second-order valence-corrected chi connectivity index (χ2v) is 8.60. The number of phenolic OH excluding ortho intramolecular Hbond substituents is 1. The number of nitrogens with one attached hydrogen (secondary N) is 1. The van der Waals surface area contributed by atoms with Crippen LogP contribution in [0.25, 0.3) is 11.3 Å². The van der Waals surface area contributed by atoms with E-state index in [0.29, 0.717) is 11.1 Å². The molecule has 0 atom stereocenters. The molecule has 0 spiro atoms. The van der Waals surface area contributed by atoms with Crippen LogP contribution in [0.5, 0.6) is 5.75 Å². The molecule has 9 heteroatoms. The van der Waals surface area contributed by atoms with Crippen molar-refractivity contribution in [3.63, 3.8) is 0 Å². The number of anilines is 1. The number of nitriles is 1. The number of nitrogens with two attached hydrogens (primary N) is 1. The third-order valence-corrected chi connectivity index (χ3v) is 5.45. The van der Waals surface area contributed by atoms with Gasteiger partial charge in [0.2, 0.25) is 0 Å². The van der Waals surface area contributed by atoms with Gasteiger partial charge in [0.25, 0.3) is 5.91 Å². The topological polar surface area (TPSA) is 146 Å². The van der Waals surface area contributed by atoms with Crippen LogP contribution in [-0.2, 0) is 16.4 Å². The van der Waals surface area contributed by atoms with Crippen molar-refractivity contribution >= 4 is 21.4 Å². The van der Waals surface area contributed by atoms with Crippen LogP contribution in [0, 0.1) is 11.3 Å². The number of hydrogen-bond acceptors (Lipinski definition) is 7. The maximum Gasteiger partial charge on any atom is 0.270 e. The maximum absolute atomic E-state index is 12.6. The Hall–Kier alpha value is -3.90. The lowest BCUT2D eigenvalue weighted by molar-refractivity contribution is 0.0946. The van der Waals surface area contributed by atoms with Gasteiger partial charge in [0, 0.05) is 18.4 Å². The molecule has 0 unspecified atom stereocenters. The van der Waals surface area contributed by atoms with Crippen molar-refractivity contribution in [1.82, 2.24) is 10.3 Å². The van der Waals surface area contributed by atoms with Gasteiger partial charge in [-0.15, -0.1) is 0 Å². The molecule has 0 radical (unpaired) electrons. The molecule has 0 saturated heterocycles. The Morgan fingerprint density at radius 1 is 1.20 bits per heavy atom. The fourth-order valence-electron chi connectivity index (χ4n) is 2.79. The summed E-state index contributed by atoms with van der Waals surface area (Å²) < 4.78 is 23.0. The van der Waals surface area contributed by atoms with E-state index in [0.717, 1.165) is 6.26 Å². The molecule has 0 aliphatic carbocycles. The SMILES string of the molecule is CS(=O)(=O)c1ccc(CNC(=O)c2cc(N)c(C#N)c(-c3cccc(O)c3)n2)cc1. The molecule has 152 valence electrons. The highest BCUT2D eigenvalue weighted by molar-refractivity contribution is 7.90. The van der Waals surface area contributed by atoms with E-state index >= 15 is 0 Å². The first kappa shape index (κ1) is 20.8. The summed E-state index contributed by atoms with van der Waals surface area (Å²) in [5.41, 5.74) is 7.50. The average Bonchev–Trinajstić information content (AvgIpc) is 2.71. The summed E-state index contributed by atoms with van der Waals surface area (Å²) in [6, 6.07) is 15.6. The van der Waals surface area contributed by atoms with Crippen molar-refractivity contribution in [1.29, 1.82) is 5.26 Å². The van der Waals surface area contributed by atoms with Crippen LogP contribution in [0.4, 0.5) is 5.69 Å². The summed E-state index contributed by atoms with van der Waals surface area (Å²) in [6.45, 7) is 0.145. The molecular weight excluding hydrogens is 404 g/mol. The Morgan fingerprint density at radius 2 is 1.90 bits per heavy atom. The quantitative estimate of drug-likeness (QED) is 0.571. The Labute approximate surface area is 173 Å². The lowest BCUT2D eigenvalue weighted by Gasteiger charge is -2.11. The largest absolute Gasteiger partial charge is 0.508 e. The zero-order valence-electron chi connectivity index (χ0n) is 16.0. The Morgan fingerprint density at radius 3 is 2.50 bits per heavy atom. The number of sulfone groups is 1. The van der Waals surface area contributed by atoms with Crippen LogP contribution in [0.15, 0.2) is 59.5 Å². The highest BCUT2D eigenvalue weighted by Crippen LogP contribution is 2.28. The summed E-state index contributed by atoms with van der Waals surface area (Å²) >= 11 is 0. The van der Waals surface area contributed by atoms with Gasteiger partial charge in [0.15, 0.2) is 9.84 Å². The molecule has 0 aliphatic rings. The first-order valence-corrected chi connectivity index (χ1v) is 10.7. The van der Waals surface area contributed by atoms with Crippen molar-refractivity contribution in [2.75, 3.05) is 12.0 Å². The molecule has 1 heterocycles. The molecular formula is C21H18N4O4S. The molecule has 30 heavy (non-hydrogen) atoms. The van der Waals surface area contributed by atoms with Gasteiger partial charge in [0.1, 0.15) is 23.1 Å². The normalized spacial score (nSPS) is 10.9. The second kappa shape index (κ2) is 8.23. The maximum atomic E-state index is 12.6. The van der Waals surface area contributed by atoms with Gasteiger partial charge in [-0.05, 0) is 35.9 Å². The molecule has 1 amide bonds. The minimum absolute atomic E-state index is 0.0100. The highest BCUT2D eigenvalue weighted by Gasteiger charge is 2.17. The van der Waals surface area contributed by atoms with E-state index in [1.54, 1.807) is 24.3 Å². The summed E-state index contributed by atoms with van der Waals surface area (Å²) in [7, 11) is -3.29. The Balaban J connectivity index is 1.85. The number of phenols is 1. The van der Waals surface area contributed by atoms with Crippen LogP contribution < -0.4 is 11.1 Å². The van der Waals surface area contributed by atoms with Crippen molar-refractivity contribution < 1.29 is 18.3 Å². The first-order chi connectivity index (χ1) is 14.2. The number of aromatic hydroxyl groups is 1. The van der Waals surface area contributed by atoms with Crippen molar-refractivity contribution in [2.24, 2.45) is 0 Å². The van der Waals surface area contributed by atoms with Gasteiger partial charge < -0.3 is 16.2 Å². The van der Waals surface area contributed by atoms with E-state index in [-0.39, 0.29) is 39.8 Å². The number of benzene rings is 2. The molecule has 0 saturated carbocycles. The van der Waals surface area contributed by atoms with E-state index in [2.05, 4.69) is 10.3 Å². The smallest absolute Gasteiger partial charge is 0.270 e. The summed E-state index contributed by atoms with van der Waals surface area (Å²) in [6.07, 6.45) is 1.12. The van der Waals surface area contributed by atoms with E-state index in [4.69, 9.17) is 5.73 Å². The summed E-state index contributed by atoms with van der Waals surface area (Å²) in [4.78, 5) is 17.0. The first-order valence-electron chi connectivity index (χ1n) is 8.76. The van der Waals surface area contributed by atoms with E-state index in [9.17, 15) is 23.6 Å². The van der Waals surface area contributed by atoms with Gasteiger partial charge in [-0.2, -0.15) is 5.26 Å². The second-order valence-electron chi connectivity index (χ2n) is 6.58. The molecule has 2 aromatic carbocycles. The third kappa shape index (κ3) is 4.56. The number of hydrogen-bond donors (Lipinski definition) is 3. The standard InChI is InChI=1S/C21H18N4O4S/c1-30(28,29)16-7-5-13(6-8-16)12-24-21(27)19-10-18(23)17(11-22)20(25-19)14-3-2-4-15(26)9-14/h2-10,26H,12H2,1H3,(H2,23,25)(H,24,27). The fourth-order valence-corrected chi connectivity index (χ4v) is 3.42. The summed E-state index contributed by atoms with van der Waals surface area (Å²) in [5.74, 6) is -0.524. The van der Waals surface area contributed by atoms with Gasteiger partial charge in [-0.25, -0.2) is 13.4 Å². The molecule has 8 nitrogen and oxygen atoms in total. The molecule has 1 aromatic heterocycles. The monoisotopic (exact) mass is 422 g/mol. The zero-order chi connectivity index (χ0) is 21.9. The van der Waals surface area contributed by atoms with Crippen molar-refractivity contribution in [3.05, 3.63) is 71.4 Å². The Kier molecular flexibility index (Phi) is 5.71. The number of aromatic nitrogens is 1. The minimum atomic E-state index is -3.29. The number of nitrogen functional groups attached to an aromatic ring is 1. The number of pyridine rings is 1. The number of carbonyl (C=O) groups excluding carboxylic acids is 1. The number of rotatable bonds is 5. The molecule has 0 fully saturated rings.